The maximum Gasteiger partial charge on any atom is 0.223 e. The number of nitrogens with zero attached hydrogens (tertiary/aromatic N) is 2. The monoisotopic (exact) mass is 367 g/mol. The Morgan fingerprint density at radius 1 is 1.24 bits per heavy atom. The summed E-state index contributed by atoms with van der Waals surface area (Å²) in [6, 6.07) is 5.93. The van der Waals surface area contributed by atoms with Gasteiger partial charge in [-0.3, -0.25) is 0 Å². The number of aromatic nitrogens is 2. The fourth-order valence-electron chi connectivity index (χ4n) is 1.86. The molecule has 21 heavy (non-hydrogen) atoms. The molecule has 110 valence electrons. The lowest BCUT2D eigenvalue weighted by molar-refractivity contribution is 0.297. The lowest BCUT2D eigenvalue weighted by Gasteiger charge is -2.10. The molecule has 0 spiro atoms. The first kappa shape index (κ1) is 14.5. The Bertz CT molecular complexity index is 654. The second kappa shape index (κ2) is 6.53. The summed E-state index contributed by atoms with van der Waals surface area (Å²) in [6.07, 6.45) is 2.64. The molecule has 0 fully saturated rings. The van der Waals surface area contributed by atoms with Gasteiger partial charge in [-0.05, 0) is 34.1 Å². The van der Waals surface area contributed by atoms with Crippen LogP contribution in [-0.2, 0) is 0 Å². The zero-order chi connectivity index (χ0) is 14.7. The second-order valence-electron chi connectivity index (χ2n) is 4.36. The van der Waals surface area contributed by atoms with Gasteiger partial charge in [0.05, 0.1) is 17.7 Å². The topological polar surface area (TPSA) is 56.3 Å². The number of nitrogens with one attached hydrogen (secondary N) is 1. The molecule has 0 aliphatic carbocycles. The highest BCUT2D eigenvalue weighted by Crippen LogP contribution is 2.38. The number of rotatable bonds is 3. The molecule has 0 radical (unpaired) electrons. The first-order valence-corrected chi connectivity index (χ1v) is 8.15. The Labute approximate surface area is 135 Å². The van der Waals surface area contributed by atoms with Crippen molar-refractivity contribution in [1.29, 1.82) is 0 Å². The van der Waals surface area contributed by atoms with Crippen molar-refractivity contribution in [1.82, 2.24) is 9.97 Å². The van der Waals surface area contributed by atoms with Crippen molar-refractivity contribution in [3.63, 3.8) is 0 Å². The molecule has 5 nitrogen and oxygen atoms in total. The van der Waals surface area contributed by atoms with Crippen LogP contribution in [0.4, 0.5) is 5.95 Å². The Morgan fingerprint density at radius 3 is 2.86 bits per heavy atom. The Balaban J connectivity index is 1.86. The maximum absolute atomic E-state index is 5.71. The van der Waals surface area contributed by atoms with Crippen molar-refractivity contribution < 1.29 is 9.47 Å². The fraction of sp³-hybridized carbons (Fsp3) is 0.286. The summed E-state index contributed by atoms with van der Waals surface area (Å²) in [5, 5.41) is 3.79. The highest BCUT2D eigenvalue weighted by Gasteiger charge is 2.13. The molecule has 0 amide bonds. The number of anilines is 1. The predicted octanol–water partition coefficient (Wildman–Crippen LogP) is 3.59. The summed E-state index contributed by atoms with van der Waals surface area (Å²) >= 11 is 5.02. The molecule has 0 unspecified atom stereocenters. The summed E-state index contributed by atoms with van der Waals surface area (Å²) in [7, 11) is 1.80. The normalized spacial score (nSPS) is 13.6. The first-order chi connectivity index (χ1) is 10.3. The van der Waals surface area contributed by atoms with E-state index in [1.165, 1.54) is 0 Å². The van der Waals surface area contributed by atoms with E-state index in [-0.39, 0.29) is 0 Å². The van der Waals surface area contributed by atoms with Crippen LogP contribution >= 0.6 is 27.7 Å². The highest BCUT2D eigenvalue weighted by atomic mass is 79.9. The summed E-state index contributed by atoms with van der Waals surface area (Å²) in [5.41, 5.74) is 0. The molecule has 1 aromatic carbocycles. The average Bonchev–Trinajstić information content (AvgIpc) is 2.74. The molecule has 1 N–H and O–H groups in total. The van der Waals surface area contributed by atoms with Gasteiger partial charge in [0.1, 0.15) is 5.03 Å². The van der Waals surface area contributed by atoms with Crippen LogP contribution in [0.2, 0.25) is 0 Å². The third-order valence-electron chi connectivity index (χ3n) is 2.87. The van der Waals surface area contributed by atoms with E-state index in [9.17, 15) is 0 Å². The Kier molecular flexibility index (Phi) is 4.50. The third kappa shape index (κ3) is 3.41. The van der Waals surface area contributed by atoms with Crippen LogP contribution in [0.5, 0.6) is 11.5 Å². The minimum absolute atomic E-state index is 0.593. The summed E-state index contributed by atoms with van der Waals surface area (Å²) in [4.78, 5) is 9.64. The number of ether oxygens (including phenoxy) is 2. The quantitative estimate of drug-likeness (QED) is 0.836. The van der Waals surface area contributed by atoms with E-state index in [0.717, 1.165) is 32.3 Å². The molecular weight excluding hydrogens is 354 g/mol. The van der Waals surface area contributed by atoms with Crippen LogP contribution in [0.25, 0.3) is 0 Å². The number of halogens is 1. The smallest absolute Gasteiger partial charge is 0.223 e. The average molecular weight is 368 g/mol. The van der Waals surface area contributed by atoms with Crippen molar-refractivity contribution in [2.75, 3.05) is 25.6 Å². The van der Waals surface area contributed by atoms with Crippen LogP contribution in [0.3, 0.4) is 0 Å². The van der Waals surface area contributed by atoms with Crippen LogP contribution in [0.1, 0.15) is 6.42 Å². The molecule has 1 aliphatic heterocycles. The fourth-order valence-corrected chi connectivity index (χ4v) is 3.10. The molecule has 2 heterocycles. The van der Waals surface area contributed by atoms with E-state index in [2.05, 4.69) is 31.2 Å². The predicted molar refractivity (Wildman–Crippen MR) is 85.5 cm³/mol. The van der Waals surface area contributed by atoms with Crippen LogP contribution in [0.15, 0.2) is 38.8 Å². The van der Waals surface area contributed by atoms with Crippen molar-refractivity contribution in [3.05, 3.63) is 28.9 Å². The number of hydrogen-bond donors (Lipinski definition) is 1. The minimum Gasteiger partial charge on any atom is -0.490 e. The van der Waals surface area contributed by atoms with Crippen LogP contribution in [-0.4, -0.2) is 30.2 Å². The number of fused-ring (bicyclic) bond motifs is 1. The van der Waals surface area contributed by atoms with E-state index < -0.39 is 0 Å². The van der Waals surface area contributed by atoms with E-state index in [1.807, 2.05) is 18.2 Å². The largest absolute Gasteiger partial charge is 0.490 e. The number of hydrogen-bond acceptors (Lipinski definition) is 6. The van der Waals surface area contributed by atoms with Gasteiger partial charge in [0, 0.05) is 24.6 Å². The summed E-state index contributed by atoms with van der Waals surface area (Å²) in [5.74, 6) is 2.18. The SMILES string of the molecule is CNc1ncc(Br)c(Sc2ccc3c(c2)OCCCO3)n1. The molecule has 3 rings (SSSR count). The third-order valence-corrected chi connectivity index (χ3v) is 4.71. The van der Waals surface area contributed by atoms with Gasteiger partial charge in [-0.15, -0.1) is 0 Å². The minimum atomic E-state index is 0.593. The highest BCUT2D eigenvalue weighted by molar-refractivity contribution is 9.10. The standard InChI is InChI=1S/C14H14BrN3O2S/c1-16-14-17-8-10(15)13(18-14)21-9-3-4-11-12(7-9)20-6-2-5-19-11/h3-4,7-8H,2,5-6H2,1H3,(H,16,17,18). The molecule has 1 aromatic heterocycles. The van der Waals surface area contributed by atoms with E-state index in [0.29, 0.717) is 19.2 Å². The lowest BCUT2D eigenvalue weighted by Crippen LogP contribution is -1.97. The molecule has 0 atom stereocenters. The van der Waals surface area contributed by atoms with Crippen molar-refractivity contribution in [2.45, 2.75) is 16.3 Å². The molecule has 0 saturated carbocycles. The van der Waals surface area contributed by atoms with Crippen LogP contribution in [0, 0.1) is 0 Å². The van der Waals surface area contributed by atoms with E-state index in [1.54, 1.807) is 25.0 Å². The molecule has 0 saturated heterocycles. The second-order valence-corrected chi connectivity index (χ2v) is 6.27. The van der Waals surface area contributed by atoms with Gasteiger partial charge < -0.3 is 14.8 Å². The van der Waals surface area contributed by atoms with Crippen molar-refractivity contribution in [2.24, 2.45) is 0 Å². The summed E-state index contributed by atoms with van der Waals surface area (Å²) < 4.78 is 12.2. The van der Waals surface area contributed by atoms with Crippen molar-refractivity contribution >= 4 is 33.6 Å². The summed E-state index contributed by atoms with van der Waals surface area (Å²) in [6.45, 7) is 1.38. The first-order valence-electron chi connectivity index (χ1n) is 6.54. The zero-order valence-electron chi connectivity index (χ0n) is 11.4. The Hall–Kier alpha value is -1.47. The van der Waals surface area contributed by atoms with Gasteiger partial charge in [-0.2, -0.15) is 0 Å². The molecule has 7 heteroatoms. The van der Waals surface area contributed by atoms with E-state index in [4.69, 9.17) is 9.47 Å². The Morgan fingerprint density at radius 2 is 2.05 bits per heavy atom. The van der Waals surface area contributed by atoms with E-state index >= 15 is 0 Å². The zero-order valence-corrected chi connectivity index (χ0v) is 13.8. The molecular formula is C14H14BrN3O2S. The van der Waals surface area contributed by atoms with Gasteiger partial charge in [0.2, 0.25) is 5.95 Å². The van der Waals surface area contributed by atoms with Gasteiger partial charge >= 0.3 is 0 Å². The van der Waals surface area contributed by atoms with Gasteiger partial charge in [-0.25, -0.2) is 9.97 Å². The van der Waals surface area contributed by atoms with Gasteiger partial charge in [0.15, 0.2) is 11.5 Å². The van der Waals surface area contributed by atoms with Gasteiger partial charge in [0.25, 0.3) is 0 Å². The molecule has 0 bridgehead atoms. The number of benzene rings is 1. The van der Waals surface area contributed by atoms with Gasteiger partial charge in [-0.1, -0.05) is 11.8 Å². The van der Waals surface area contributed by atoms with Crippen LogP contribution < -0.4 is 14.8 Å². The molecule has 1 aliphatic rings. The molecule has 2 aromatic rings. The van der Waals surface area contributed by atoms with Crippen molar-refractivity contribution in [3.8, 4) is 11.5 Å². The maximum atomic E-state index is 5.71. The lowest BCUT2D eigenvalue weighted by atomic mass is 10.3.